The fourth-order valence-electron chi connectivity index (χ4n) is 2.77. The predicted molar refractivity (Wildman–Crippen MR) is 52.2 cm³/mol. The first-order valence-electron chi connectivity index (χ1n) is 4.34. The van der Waals surface area contributed by atoms with Gasteiger partial charge in [0.2, 0.25) is 0 Å². The van der Waals surface area contributed by atoms with E-state index in [1.54, 1.807) is 0 Å². The topological polar surface area (TPSA) is 0 Å². The molecular formula is C9H14BrCl. The maximum atomic E-state index is 6.41. The summed E-state index contributed by atoms with van der Waals surface area (Å²) in [4.78, 5) is 0. The quantitative estimate of drug-likeness (QED) is 0.560. The first-order valence-corrected chi connectivity index (χ1v) is 5.51. The molecule has 0 aromatic carbocycles. The fraction of sp³-hybridized carbons (Fsp3) is 1.00. The average molecular weight is 238 g/mol. The number of rotatable bonds is 0. The Morgan fingerprint density at radius 1 is 1.09 bits per heavy atom. The third-order valence-corrected chi connectivity index (χ3v) is 6.73. The Kier molecular flexibility index (Phi) is 1.51. The van der Waals surface area contributed by atoms with Gasteiger partial charge in [-0.3, -0.25) is 0 Å². The summed E-state index contributed by atoms with van der Waals surface area (Å²) < 4.78 is -0.0938. The van der Waals surface area contributed by atoms with Crippen molar-refractivity contribution in [2.75, 3.05) is 0 Å². The maximum absolute atomic E-state index is 6.41. The molecule has 0 bridgehead atoms. The molecule has 0 aromatic heterocycles. The number of hydrogen-bond donors (Lipinski definition) is 0. The van der Waals surface area contributed by atoms with Crippen LogP contribution in [0.3, 0.4) is 0 Å². The molecule has 0 saturated heterocycles. The Balaban J connectivity index is 2.33. The zero-order chi connectivity index (χ0) is 8.33. The van der Waals surface area contributed by atoms with Crippen molar-refractivity contribution >= 4 is 27.5 Å². The van der Waals surface area contributed by atoms with Crippen molar-refractivity contribution in [1.29, 1.82) is 0 Å². The van der Waals surface area contributed by atoms with Gasteiger partial charge in [-0.2, -0.15) is 0 Å². The number of halogens is 2. The molecular weight excluding hydrogens is 223 g/mol. The number of fused-ring (bicyclic) bond motifs is 1. The average Bonchev–Trinajstić information content (AvgIpc) is 2.28. The summed E-state index contributed by atoms with van der Waals surface area (Å²) >= 11 is 10.1. The number of hydrogen-bond acceptors (Lipinski definition) is 0. The molecule has 0 heterocycles. The van der Waals surface area contributed by atoms with Crippen LogP contribution < -0.4 is 0 Å². The van der Waals surface area contributed by atoms with Gasteiger partial charge in [0.05, 0.1) is 0 Å². The molecule has 64 valence electrons. The molecule has 0 N–H and O–H groups in total. The van der Waals surface area contributed by atoms with Crippen molar-refractivity contribution in [2.24, 2.45) is 10.8 Å². The summed E-state index contributed by atoms with van der Waals surface area (Å²) in [5.41, 5.74) is 0.722. The van der Waals surface area contributed by atoms with Crippen LogP contribution in [0.15, 0.2) is 0 Å². The molecule has 2 heteroatoms. The van der Waals surface area contributed by atoms with E-state index in [4.69, 9.17) is 11.6 Å². The SMILES string of the molecule is CC12CCCCC1(C)C2(Cl)Br. The van der Waals surface area contributed by atoms with E-state index in [1.165, 1.54) is 25.7 Å². The van der Waals surface area contributed by atoms with Crippen LogP contribution in [-0.2, 0) is 0 Å². The maximum Gasteiger partial charge on any atom is 0.111 e. The predicted octanol–water partition coefficient (Wildman–Crippen LogP) is 3.92. The molecule has 0 amide bonds. The van der Waals surface area contributed by atoms with Crippen LogP contribution in [0.25, 0.3) is 0 Å². The summed E-state index contributed by atoms with van der Waals surface area (Å²) in [6.45, 7) is 4.63. The smallest absolute Gasteiger partial charge is 0.105 e. The van der Waals surface area contributed by atoms with Gasteiger partial charge in [-0.1, -0.05) is 42.6 Å². The van der Waals surface area contributed by atoms with Crippen molar-refractivity contribution < 1.29 is 0 Å². The number of alkyl halides is 2. The fourth-order valence-corrected chi connectivity index (χ4v) is 4.50. The molecule has 0 aliphatic heterocycles. The van der Waals surface area contributed by atoms with Gasteiger partial charge in [-0.05, 0) is 12.8 Å². The van der Waals surface area contributed by atoms with Crippen molar-refractivity contribution in [3.63, 3.8) is 0 Å². The molecule has 0 nitrogen and oxygen atoms in total. The van der Waals surface area contributed by atoms with Gasteiger partial charge in [-0.25, -0.2) is 0 Å². The highest BCUT2D eigenvalue weighted by molar-refractivity contribution is 9.10. The van der Waals surface area contributed by atoms with Crippen molar-refractivity contribution in [2.45, 2.75) is 43.3 Å². The second-order valence-corrected chi connectivity index (χ2v) is 6.66. The van der Waals surface area contributed by atoms with E-state index < -0.39 is 0 Å². The molecule has 2 saturated carbocycles. The third-order valence-electron chi connectivity index (χ3n) is 4.14. The summed E-state index contributed by atoms with van der Waals surface area (Å²) in [6, 6.07) is 0. The zero-order valence-corrected chi connectivity index (χ0v) is 9.43. The molecule has 2 fully saturated rings. The van der Waals surface area contributed by atoms with Crippen molar-refractivity contribution in [3.05, 3.63) is 0 Å². The Morgan fingerprint density at radius 3 is 1.73 bits per heavy atom. The Labute approximate surface area is 81.8 Å². The highest BCUT2D eigenvalue weighted by Crippen LogP contribution is 2.83. The van der Waals surface area contributed by atoms with E-state index in [1.807, 2.05) is 0 Å². The molecule has 2 atom stereocenters. The van der Waals surface area contributed by atoms with E-state index >= 15 is 0 Å². The van der Waals surface area contributed by atoms with Gasteiger partial charge in [0.1, 0.15) is 3.78 Å². The lowest BCUT2D eigenvalue weighted by Gasteiger charge is -2.22. The summed E-state index contributed by atoms with van der Waals surface area (Å²) in [6.07, 6.45) is 5.29. The van der Waals surface area contributed by atoms with Gasteiger partial charge in [0.15, 0.2) is 0 Å². The van der Waals surface area contributed by atoms with E-state index in [0.29, 0.717) is 10.8 Å². The molecule has 2 rings (SSSR count). The van der Waals surface area contributed by atoms with Crippen LogP contribution in [0.4, 0.5) is 0 Å². The minimum atomic E-state index is -0.0938. The van der Waals surface area contributed by atoms with Crippen LogP contribution in [0.2, 0.25) is 0 Å². The molecule has 2 unspecified atom stereocenters. The normalized spacial score (nSPS) is 62.2. The monoisotopic (exact) mass is 236 g/mol. The summed E-state index contributed by atoms with van der Waals surface area (Å²) in [5, 5.41) is 0. The van der Waals surface area contributed by atoms with Gasteiger partial charge >= 0.3 is 0 Å². The lowest BCUT2D eigenvalue weighted by molar-refractivity contribution is 0.277. The standard InChI is InChI=1S/C9H14BrCl/c1-7-5-3-4-6-8(7,2)9(7,10)11/h3-6H2,1-2H3. The van der Waals surface area contributed by atoms with E-state index in [2.05, 4.69) is 29.8 Å². The highest BCUT2D eigenvalue weighted by Gasteiger charge is 2.80. The lowest BCUT2D eigenvalue weighted by atomic mass is 9.82. The van der Waals surface area contributed by atoms with Gasteiger partial charge in [-0.15, -0.1) is 11.6 Å². The van der Waals surface area contributed by atoms with Crippen LogP contribution in [0, 0.1) is 10.8 Å². The first kappa shape index (κ1) is 8.37. The van der Waals surface area contributed by atoms with Crippen LogP contribution >= 0.6 is 27.5 Å². The third kappa shape index (κ3) is 0.685. The van der Waals surface area contributed by atoms with E-state index in [-0.39, 0.29) is 3.78 Å². The van der Waals surface area contributed by atoms with Gasteiger partial charge < -0.3 is 0 Å². The van der Waals surface area contributed by atoms with Gasteiger partial charge in [0.25, 0.3) is 0 Å². The van der Waals surface area contributed by atoms with Crippen molar-refractivity contribution in [1.82, 2.24) is 0 Å². The molecule has 0 spiro atoms. The minimum absolute atomic E-state index is 0.0938. The van der Waals surface area contributed by atoms with Crippen LogP contribution in [0.1, 0.15) is 39.5 Å². The molecule has 2 aliphatic rings. The van der Waals surface area contributed by atoms with Gasteiger partial charge in [0, 0.05) is 10.8 Å². The minimum Gasteiger partial charge on any atom is -0.105 e. The van der Waals surface area contributed by atoms with E-state index in [0.717, 1.165) is 0 Å². The molecule has 0 radical (unpaired) electrons. The van der Waals surface area contributed by atoms with Crippen LogP contribution in [-0.4, -0.2) is 3.78 Å². The highest BCUT2D eigenvalue weighted by atomic mass is 79.9. The molecule has 2 aliphatic carbocycles. The summed E-state index contributed by atoms with van der Waals surface area (Å²) in [7, 11) is 0. The summed E-state index contributed by atoms with van der Waals surface area (Å²) in [5.74, 6) is 0. The second-order valence-electron chi connectivity index (χ2n) is 4.45. The molecule has 11 heavy (non-hydrogen) atoms. The lowest BCUT2D eigenvalue weighted by Crippen LogP contribution is -2.12. The first-order chi connectivity index (χ1) is 4.96. The Morgan fingerprint density at radius 2 is 1.45 bits per heavy atom. The Bertz CT molecular complexity index is 182. The van der Waals surface area contributed by atoms with Crippen LogP contribution in [0.5, 0.6) is 0 Å². The Hall–Kier alpha value is 0.770. The van der Waals surface area contributed by atoms with E-state index in [9.17, 15) is 0 Å². The zero-order valence-electron chi connectivity index (χ0n) is 7.08. The van der Waals surface area contributed by atoms with Crippen molar-refractivity contribution in [3.8, 4) is 0 Å². The second kappa shape index (κ2) is 1.98. The largest absolute Gasteiger partial charge is 0.111 e. The molecule has 0 aromatic rings.